The number of thiocarbonyl (C=S) groups is 1. The van der Waals surface area contributed by atoms with Crippen LogP contribution in [0.4, 0.5) is 11.4 Å². The summed E-state index contributed by atoms with van der Waals surface area (Å²) < 4.78 is 11.3. The van der Waals surface area contributed by atoms with Gasteiger partial charge in [-0.05, 0) is 55.0 Å². The van der Waals surface area contributed by atoms with Crippen LogP contribution in [0.15, 0.2) is 72.0 Å². The Morgan fingerprint density at radius 2 is 2.00 bits per heavy atom. The molecule has 0 saturated heterocycles. The summed E-state index contributed by atoms with van der Waals surface area (Å²) >= 11 is 5.21. The second-order valence-corrected chi connectivity index (χ2v) is 6.45. The number of pyridine rings is 1. The van der Waals surface area contributed by atoms with Gasteiger partial charge in [0, 0.05) is 17.8 Å². The van der Waals surface area contributed by atoms with Gasteiger partial charge in [0.15, 0.2) is 16.6 Å². The van der Waals surface area contributed by atoms with Gasteiger partial charge < -0.3 is 14.8 Å². The molecule has 0 aliphatic rings. The number of nitro groups is 1. The molecule has 158 valence electrons. The highest BCUT2D eigenvalue weighted by Gasteiger charge is 2.10. The predicted molar refractivity (Wildman–Crippen MR) is 122 cm³/mol. The Kier molecular flexibility index (Phi) is 7.44. The molecule has 1 heterocycles. The molecule has 0 aliphatic carbocycles. The molecule has 0 bridgehead atoms. The molecule has 0 amide bonds. The highest BCUT2D eigenvalue weighted by atomic mass is 32.1. The number of ether oxygens (including phenoxy) is 2. The standard InChI is InChI=1S/C21H19N5O4S/c1-2-29-19-12-15(13-23-25-21(31)24-16-6-4-3-5-7-16)8-10-18(19)30-20-11-9-17(14-22-20)26(27)28/h3-14H,2H2,1H3,(H2,24,25,31)/b23-13+. The third-order valence-corrected chi connectivity index (χ3v) is 4.02. The first-order valence-corrected chi connectivity index (χ1v) is 9.66. The van der Waals surface area contributed by atoms with Gasteiger partial charge in [-0.2, -0.15) is 5.10 Å². The van der Waals surface area contributed by atoms with Crippen molar-refractivity contribution in [3.8, 4) is 17.4 Å². The smallest absolute Gasteiger partial charge is 0.287 e. The van der Waals surface area contributed by atoms with Gasteiger partial charge in [0.25, 0.3) is 5.69 Å². The van der Waals surface area contributed by atoms with E-state index >= 15 is 0 Å². The molecule has 0 radical (unpaired) electrons. The lowest BCUT2D eigenvalue weighted by Crippen LogP contribution is -2.23. The van der Waals surface area contributed by atoms with E-state index in [2.05, 4.69) is 20.8 Å². The van der Waals surface area contributed by atoms with Crippen LogP contribution in [0, 0.1) is 10.1 Å². The monoisotopic (exact) mass is 437 g/mol. The average molecular weight is 437 g/mol. The Balaban J connectivity index is 1.65. The Morgan fingerprint density at radius 1 is 1.19 bits per heavy atom. The van der Waals surface area contributed by atoms with E-state index < -0.39 is 4.92 Å². The summed E-state index contributed by atoms with van der Waals surface area (Å²) in [6.45, 7) is 2.28. The average Bonchev–Trinajstić information content (AvgIpc) is 2.77. The van der Waals surface area contributed by atoms with Crippen LogP contribution < -0.4 is 20.2 Å². The number of hydrazone groups is 1. The van der Waals surface area contributed by atoms with Crippen molar-refractivity contribution < 1.29 is 14.4 Å². The summed E-state index contributed by atoms with van der Waals surface area (Å²) in [4.78, 5) is 14.2. The van der Waals surface area contributed by atoms with Gasteiger partial charge in [-0.15, -0.1) is 0 Å². The molecule has 0 atom stereocenters. The Labute approximate surface area is 183 Å². The normalized spacial score (nSPS) is 10.5. The van der Waals surface area contributed by atoms with Crippen LogP contribution in [0.2, 0.25) is 0 Å². The molecule has 1 aromatic heterocycles. The lowest BCUT2D eigenvalue weighted by atomic mass is 10.2. The minimum absolute atomic E-state index is 0.115. The maximum Gasteiger partial charge on any atom is 0.287 e. The van der Waals surface area contributed by atoms with Gasteiger partial charge in [0.05, 0.1) is 17.7 Å². The van der Waals surface area contributed by atoms with Crippen LogP contribution in [0.25, 0.3) is 0 Å². The lowest BCUT2D eigenvalue weighted by molar-refractivity contribution is -0.385. The van der Waals surface area contributed by atoms with E-state index in [1.54, 1.807) is 24.4 Å². The number of benzene rings is 2. The van der Waals surface area contributed by atoms with Gasteiger partial charge in [-0.1, -0.05) is 18.2 Å². The van der Waals surface area contributed by atoms with E-state index in [0.29, 0.717) is 23.2 Å². The summed E-state index contributed by atoms with van der Waals surface area (Å²) in [6.07, 6.45) is 2.73. The fourth-order valence-electron chi connectivity index (χ4n) is 2.46. The highest BCUT2D eigenvalue weighted by molar-refractivity contribution is 7.80. The fourth-order valence-corrected chi connectivity index (χ4v) is 2.63. The summed E-state index contributed by atoms with van der Waals surface area (Å²) in [7, 11) is 0. The molecule has 0 aliphatic heterocycles. The van der Waals surface area contributed by atoms with Crippen molar-refractivity contribution in [2.45, 2.75) is 6.92 Å². The van der Waals surface area contributed by atoms with Crippen LogP contribution in [-0.4, -0.2) is 27.8 Å². The Morgan fingerprint density at radius 3 is 2.68 bits per heavy atom. The molecular formula is C21H19N5O4S. The van der Waals surface area contributed by atoms with Crippen molar-refractivity contribution in [3.63, 3.8) is 0 Å². The van der Waals surface area contributed by atoms with Crippen LogP contribution in [0.5, 0.6) is 17.4 Å². The van der Waals surface area contributed by atoms with Gasteiger partial charge in [0.2, 0.25) is 5.88 Å². The van der Waals surface area contributed by atoms with Gasteiger partial charge in [-0.25, -0.2) is 4.98 Å². The van der Waals surface area contributed by atoms with E-state index in [4.69, 9.17) is 21.7 Å². The zero-order chi connectivity index (χ0) is 22.1. The molecule has 0 saturated carbocycles. The second-order valence-electron chi connectivity index (χ2n) is 6.04. The van der Waals surface area contributed by atoms with Crippen molar-refractivity contribution in [2.24, 2.45) is 5.10 Å². The summed E-state index contributed by atoms with van der Waals surface area (Å²) in [5.74, 6) is 1.12. The van der Waals surface area contributed by atoms with Crippen molar-refractivity contribution >= 4 is 34.9 Å². The molecule has 0 unspecified atom stereocenters. The number of hydrogen-bond acceptors (Lipinski definition) is 7. The molecule has 3 rings (SSSR count). The number of anilines is 1. The number of para-hydroxylation sites is 1. The minimum Gasteiger partial charge on any atom is -0.490 e. The van der Waals surface area contributed by atoms with Crippen LogP contribution in [0.1, 0.15) is 12.5 Å². The van der Waals surface area contributed by atoms with Gasteiger partial charge in [-0.3, -0.25) is 15.5 Å². The molecule has 9 nitrogen and oxygen atoms in total. The molecule has 31 heavy (non-hydrogen) atoms. The molecular weight excluding hydrogens is 418 g/mol. The zero-order valence-electron chi connectivity index (χ0n) is 16.5. The van der Waals surface area contributed by atoms with E-state index in [0.717, 1.165) is 17.4 Å². The summed E-state index contributed by atoms with van der Waals surface area (Å²) in [5, 5.41) is 18.2. The first-order valence-electron chi connectivity index (χ1n) is 9.25. The molecule has 2 N–H and O–H groups in total. The van der Waals surface area contributed by atoms with Gasteiger partial charge >= 0.3 is 0 Å². The topological polar surface area (TPSA) is 111 Å². The lowest BCUT2D eigenvalue weighted by Gasteiger charge is -2.11. The minimum atomic E-state index is -0.522. The first-order chi connectivity index (χ1) is 15.0. The third kappa shape index (κ3) is 6.47. The Hall–Kier alpha value is -4.05. The third-order valence-electron chi connectivity index (χ3n) is 3.83. The SMILES string of the molecule is CCOc1cc(/C=N/NC(=S)Nc2ccccc2)ccc1Oc1ccc([N+](=O)[O-])cn1. The zero-order valence-corrected chi connectivity index (χ0v) is 17.3. The van der Waals surface area contributed by atoms with Crippen LogP contribution in [0.3, 0.4) is 0 Å². The molecule has 0 spiro atoms. The number of hydrogen-bond donors (Lipinski definition) is 2. The second kappa shape index (κ2) is 10.6. The van der Waals surface area contributed by atoms with E-state index in [1.807, 2.05) is 37.3 Å². The summed E-state index contributed by atoms with van der Waals surface area (Å²) in [5.41, 5.74) is 4.25. The first kappa shape index (κ1) is 21.7. The largest absolute Gasteiger partial charge is 0.490 e. The number of nitrogens with one attached hydrogen (secondary N) is 2. The maximum absolute atomic E-state index is 10.7. The van der Waals surface area contributed by atoms with Gasteiger partial charge in [0.1, 0.15) is 6.20 Å². The predicted octanol–water partition coefficient (Wildman–Crippen LogP) is 4.50. The molecule has 10 heteroatoms. The quantitative estimate of drug-likeness (QED) is 0.229. The van der Waals surface area contributed by atoms with Crippen molar-refractivity contribution in [3.05, 3.63) is 82.5 Å². The van der Waals surface area contributed by atoms with Crippen molar-refractivity contribution in [1.82, 2.24) is 10.4 Å². The molecule has 3 aromatic rings. The van der Waals surface area contributed by atoms with Crippen LogP contribution >= 0.6 is 12.2 Å². The van der Waals surface area contributed by atoms with Crippen molar-refractivity contribution in [1.29, 1.82) is 0 Å². The van der Waals surface area contributed by atoms with E-state index in [-0.39, 0.29) is 11.6 Å². The Bertz CT molecular complexity index is 1070. The van der Waals surface area contributed by atoms with Crippen molar-refractivity contribution in [2.75, 3.05) is 11.9 Å². The molecule has 2 aromatic carbocycles. The van der Waals surface area contributed by atoms with Crippen LogP contribution in [-0.2, 0) is 0 Å². The summed E-state index contributed by atoms with van der Waals surface area (Å²) in [6, 6.07) is 17.5. The highest BCUT2D eigenvalue weighted by Crippen LogP contribution is 2.32. The van der Waals surface area contributed by atoms with E-state index in [9.17, 15) is 10.1 Å². The fraction of sp³-hybridized carbons (Fsp3) is 0.0952. The maximum atomic E-state index is 10.7. The molecule has 0 fully saturated rings. The number of nitrogens with zero attached hydrogens (tertiary/aromatic N) is 3. The number of rotatable bonds is 8. The number of aromatic nitrogens is 1. The van der Waals surface area contributed by atoms with E-state index in [1.165, 1.54) is 12.1 Å².